The summed E-state index contributed by atoms with van der Waals surface area (Å²) in [6.07, 6.45) is 7.26. The summed E-state index contributed by atoms with van der Waals surface area (Å²) < 4.78 is 0. The Labute approximate surface area is 95.1 Å². The maximum Gasteiger partial charge on any atom is 0.0382 e. The number of benzene rings is 1. The standard InChI is InChI=1S/C14H12NO/c1-12-6-5-9-14(11-10-12)15(16)13-7-3-2-4-8-13/h2-9,11H,1H3/q-1. The average molecular weight is 210 g/mol. The molecule has 2 nitrogen and oxygen atoms in total. The largest absolute Gasteiger partial charge is 0.754 e. The minimum atomic E-state index is 0.583. The third-order valence-corrected chi connectivity index (χ3v) is 2.29. The molecule has 0 N–H and O–H groups in total. The van der Waals surface area contributed by atoms with E-state index in [1.807, 2.05) is 37.3 Å². The second kappa shape index (κ2) is 4.67. The van der Waals surface area contributed by atoms with Crippen LogP contribution in [0, 0.1) is 5.21 Å². The van der Waals surface area contributed by atoms with Crippen molar-refractivity contribution in [2.45, 2.75) is 6.92 Å². The van der Waals surface area contributed by atoms with E-state index in [9.17, 15) is 5.21 Å². The fraction of sp³-hybridized carbons (Fsp3) is 0.0714. The van der Waals surface area contributed by atoms with Crippen LogP contribution in [0.3, 0.4) is 0 Å². The highest BCUT2D eigenvalue weighted by molar-refractivity contribution is 5.56. The van der Waals surface area contributed by atoms with Crippen LogP contribution in [-0.2, 0) is 0 Å². The van der Waals surface area contributed by atoms with Crippen molar-refractivity contribution in [2.24, 2.45) is 0 Å². The molecule has 0 spiro atoms. The highest BCUT2D eigenvalue weighted by Gasteiger charge is 1.98. The van der Waals surface area contributed by atoms with E-state index in [2.05, 4.69) is 5.73 Å². The lowest BCUT2D eigenvalue weighted by Gasteiger charge is -2.31. The van der Waals surface area contributed by atoms with Crippen LogP contribution in [0.15, 0.2) is 71.6 Å². The molecule has 1 aromatic rings. The first kappa shape index (κ1) is 10.5. The van der Waals surface area contributed by atoms with E-state index in [4.69, 9.17) is 0 Å². The zero-order valence-electron chi connectivity index (χ0n) is 9.05. The Kier molecular flexibility index (Phi) is 3.06. The van der Waals surface area contributed by atoms with Crippen molar-refractivity contribution in [3.05, 3.63) is 76.8 Å². The molecule has 2 heteroatoms. The molecule has 0 aromatic heterocycles. The molecule has 0 fully saturated rings. The molecule has 1 aliphatic rings. The van der Waals surface area contributed by atoms with Crippen molar-refractivity contribution in [2.75, 3.05) is 5.06 Å². The molecule has 0 bridgehead atoms. The van der Waals surface area contributed by atoms with Gasteiger partial charge >= 0.3 is 0 Å². The van der Waals surface area contributed by atoms with Crippen molar-refractivity contribution >= 4 is 5.69 Å². The van der Waals surface area contributed by atoms with Gasteiger partial charge in [0, 0.05) is 17.5 Å². The summed E-state index contributed by atoms with van der Waals surface area (Å²) >= 11 is 0. The highest BCUT2D eigenvalue weighted by atomic mass is 16.5. The quantitative estimate of drug-likeness (QED) is 0.551. The molecule has 0 radical (unpaired) electrons. The Balaban J connectivity index is 2.30. The van der Waals surface area contributed by atoms with Gasteiger partial charge in [0.05, 0.1) is 0 Å². The van der Waals surface area contributed by atoms with Gasteiger partial charge in [-0.05, 0) is 30.7 Å². The third-order valence-electron chi connectivity index (χ3n) is 2.29. The Morgan fingerprint density at radius 1 is 1.19 bits per heavy atom. The van der Waals surface area contributed by atoms with Crippen molar-refractivity contribution in [1.29, 1.82) is 0 Å². The molecule has 80 valence electrons. The van der Waals surface area contributed by atoms with E-state index in [1.165, 1.54) is 0 Å². The lowest BCUT2D eigenvalue weighted by Crippen LogP contribution is -2.11. The van der Waals surface area contributed by atoms with Crippen molar-refractivity contribution < 1.29 is 0 Å². The number of nitrogens with zero attached hydrogens (tertiary/aromatic N) is 1. The van der Waals surface area contributed by atoms with Crippen molar-refractivity contribution in [1.82, 2.24) is 0 Å². The Bertz CT molecular complexity index is 491. The number of para-hydroxylation sites is 1. The molecule has 0 amide bonds. The summed E-state index contributed by atoms with van der Waals surface area (Å²) in [5, 5.41) is 12.9. The van der Waals surface area contributed by atoms with Crippen molar-refractivity contribution in [3.8, 4) is 0 Å². The summed E-state index contributed by atoms with van der Waals surface area (Å²) in [6, 6.07) is 9.15. The molecule has 0 saturated heterocycles. The minimum absolute atomic E-state index is 0.583. The van der Waals surface area contributed by atoms with Gasteiger partial charge in [-0.2, -0.15) is 0 Å². The van der Waals surface area contributed by atoms with Crippen LogP contribution >= 0.6 is 0 Å². The van der Waals surface area contributed by atoms with Crippen molar-refractivity contribution in [3.63, 3.8) is 0 Å². The molecule has 0 saturated carbocycles. The van der Waals surface area contributed by atoms with Crippen LogP contribution in [-0.4, -0.2) is 0 Å². The van der Waals surface area contributed by atoms with Gasteiger partial charge in [-0.3, -0.25) is 0 Å². The maximum absolute atomic E-state index is 12.0. The topological polar surface area (TPSA) is 26.3 Å². The number of allylic oxidation sites excluding steroid dienone is 4. The first-order valence-electron chi connectivity index (χ1n) is 5.11. The van der Waals surface area contributed by atoms with Crippen LogP contribution in [0.4, 0.5) is 5.69 Å². The SMILES string of the molecule is CC1=C=CC(N([O-])c2ccccc2)=CC=C1. The van der Waals surface area contributed by atoms with E-state index < -0.39 is 0 Å². The first-order chi connectivity index (χ1) is 7.77. The summed E-state index contributed by atoms with van der Waals surface area (Å²) in [7, 11) is 0. The smallest absolute Gasteiger partial charge is 0.0382 e. The number of hydrogen-bond acceptors (Lipinski definition) is 2. The summed E-state index contributed by atoms with van der Waals surface area (Å²) in [5.41, 5.74) is 5.25. The Morgan fingerprint density at radius 2 is 1.94 bits per heavy atom. The Hall–Kier alpha value is -2.02. The van der Waals surface area contributed by atoms with E-state index in [-0.39, 0.29) is 0 Å². The highest BCUT2D eigenvalue weighted by Crippen LogP contribution is 2.19. The normalized spacial score (nSPS) is 14.1. The average Bonchev–Trinajstić information content (AvgIpc) is 2.54. The lowest BCUT2D eigenvalue weighted by molar-refractivity contribution is 1.22. The molecule has 1 aromatic carbocycles. The van der Waals surface area contributed by atoms with Gasteiger partial charge in [0.15, 0.2) is 0 Å². The van der Waals surface area contributed by atoms with E-state index >= 15 is 0 Å². The zero-order valence-corrected chi connectivity index (χ0v) is 9.05. The van der Waals surface area contributed by atoms with Crippen LogP contribution in [0.25, 0.3) is 0 Å². The number of hydrogen-bond donors (Lipinski definition) is 0. The van der Waals surface area contributed by atoms with Gasteiger partial charge in [-0.25, -0.2) is 0 Å². The summed E-state index contributed by atoms with van der Waals surface area (Å²) in [4.78, 5) is 0. The van der Waals surface area contributed by atoms with Gasteiger partial charge in [-0.1, -0.05) is 30.4 Å². The van der Waals surface area contributed by atoms with Crippen LogP contribution < -0.4 is 5.06 Å². The second-order valence-electron chi connectivity index (χ2n) is 3.55. The fourth-order valence-electron chi connectivity index (χ4n) is 1.41. The molecule has 0 aliphatic heterocycles. The minimum Gasteiger partial charge on any atom is -0.754 e. The molecule has 0 atom stereocenters. The molecule has 0 heterocycles. The molecular formula is C14H12NO-. The van der Waals surface area contributed by atoms with Crippen LogP contribution in [0.5, 0.6) is 0 Å². The second-order valence-corrected chi connectivity index (χ2v) is 3.55. The maximum atomic E-state index is 12.0. The van der Waals surface area contributed by atoms with Gasteiger partial charge in [0.1, 0.15) is 0 Å². The zero-order chi connectivity index (χ0) is 11.4. The predicted octanol–water partition coefficient (Wildman–Crippen LogP) is 3.55. The predicted molar refractivity (Wildman–Crippen MR) is 66.8 cm³/mol. The van der Waals surface area contributed by atoms with E-state index in [0.717, 1.165) is 10.6 Å². The van der Waals surface area contributed by atoms with Gasteiger partial charge in [-0.15, -0.1) is 5.73 Å². The number of rotatable bonds is 2. The van der Waals surface area contributed by atoms with E-state index in [1.54, 1.807) is 24.3 Å². The monoisotopic (exact) mass is 210 g/mol. The van der Waals surface area contributed by atoms with Gasteiger partial charge in [0.25, 0.3) is 0 Å². The fourth-order valence-corrected chi connectivity index (χ4v) is 1.41. The number of anilines is 1. The first-order valence-corrected chi connectivity index (χ1v) is 5.11. The molecule has 0 unspecified atom stereocenters. The van der Waals surface area contributed by atoms with Gasteiger partial charge < -0.3 is 10.3 Å². The van der Waals surface area contributed by atoms with E-state index in [0.29, 0.717) is 11.4 Å². The molecule has 1 aliphatic carbocycles. The summed E-state index contributed by atoms with van der Waals surface area (Å²) in [6.45, 7) is 1.95. The molecule has 2 rings (SSSR count). The summed E-state index contributed by atoms with van der Waals surface area (Å²) in [5.74, 6) is 0. The molecule has 16 heavy (non-hydrogen) atoms. The Morgan fingerprint density at radius 3 is 2.69 bits per heavy atom. The van der Waals surface area contributed by atoms with Crippen LogP contribution in [0.1, 0.15) is 6.92 Å². The van der Waals surface area contributed by atoms with Crippen LogP contribution in [0.2, 0.25) is 0 Å². The number of hydroxylamine groups is 1. The third kappa shape index (κ3) is 2.31. The lowest BCUT2D eigenvalue weighted by atomic mass is 10.3. The van der Waals surface area contributed by atoms with Gasteiger partial charge in [0.2, 0.25) is 0 Å². The molecular weight excluding hydrogens is 198 g/mol.